The third kappa shape index (κ3) is 4.18. The van der Waals surface area contributed by atoms with Gasteiger partial charge in [-0.05, 0) is 60.4 Å². The zero-order valence-corrected chi connectivity index (χ0v) is 17.4. The molecule has 0 atom stereocenters. The maximum absolute atomic E-state index is 10.1. The van der Waals surface area contributed by atoms with E-state index in [1.54, 1.807) is 7.11 Å². The second-order valence-electron chi connectivity index (χ2n) is 7.71. The van der Waals surface area contributed by atoms with Crippen molar-refractivity contribution in [2.45, 2.75) is 13.8 Å². The van der Waals surface area contributed by atoms with Gasteiger partial charge in [-0.15, -0.1) is 0 Å². The van der Waals surface area contributed by atoms with Gasteiger partial charge in [0.2, 0.25) is 0 Å². The van der Waals surface area contributed by atoms with E-state index in [-0.39, 0.29) is 0 Å². The first-order valence-electron chi connectivity index (χ1n) is 10.1. The Hall–Kier alpha value is -2.70. The van der Waals surface area contributed by atoms with Crippen LogP contribution in [0.25, 0.3) is 22.2 Å². The lowest BCUT2D eigenvalue weighted by Crippen LogP contribution is -2.47. The number of phenolic OH excluding ortho intramolecular Hbond substituents is 1. The Labute approximate surface area is 171 Å². The first kappa shape index (κ1) is 19.6. The smallest absolute Gasteiger partial charge is 0.147 e. The molecule has 3 aromatic rings. The first-order chi connectivity index (χ1) is 14.0. The molecule has 0 aliphatic carbocycles. The number of aromatic nitrogens is 2. The van der Waals surface area contributed by atoms with Gasteiger partial charge in [-0.1, -0.05) is 6.07 Å². The van der Waals surface area contributed by atoms with Gasteiger partial charge >= 0.3 is 0 Å². The van der Waals surface area contributed by atoms with E-state index in [2.05, 4.69) is 26.9 Å². The number of anilines is 1. The molecule has 1 aliphatic heterocycles. The number of piperazine rings is 1. The third-order valence-electron chi connectivity index (χ3n) is 5.66. The van der Waals surface area contributed by atoms with Gasteiger partial charge in [0.15, 0.2) is 0 Å². The van der Waals surface area contributed by atoms with Crippen molar-refractivity contribution in [3.05, 3.63) is 47.7 Å². The molecule has 2 aromatic carbocycles. The summed E-state index contributed by atoms with van der Waals surface area (Å²) in [6.45, 7) is 9.51. The molecule has 0 unspecified atom stereocenters. The van der Waals surface area contributed by atoms with E-state index < -0.39 is 0 Å². The van der Waals surface area contributed by atoms with Crippen LogP contribution in [0.4, 0.5) is 5.82 Å². The van der Waals surface area contributed by atoms with Gasteiger partial charge in [-0.3, -0.25) is 9.88 Å². The number of methoxy groups -OCH3 is 1. The molecular formula is C23H28N4O2. The molecular weight excluding hydrogens is 364 g/mol. The molecule has 1 N–H and O–H groups in total. The normalized spacial score (nSPS) is 15.2. The molecule has 0 radical (unpaired) electrons. The van der Waals surface area contributed by atoms with Gasteiger partial charge in [0, 0.05) is 39.8 Å². The van der Waals surface area contributed by atoms with E-state index in [4.69, 9.17) is 9.72 Å². The molecule has 4 rings (SSSR count). The van der Waals surface area contributed by atoms with Gasteiger partial charge in [-0.2, -0.15) is 0 Å². The highest BCUT2D eigenvalue weighted by Gasteiger charge is 2.18. The average molecular weight is 393 g/mol. The monoisotopic (exact) mass is 392 g/mol. The average Bonchev–Trinajstić information content (AvgIpc) is 2.75. The lowest BCUT2D eigenvalue weighted by atomic mass is 9.99. The van der Waals surface area contributed by atoms with Gasteiger partial charge in [0.25, 0.3) is 0 Å². The number of ether oxygens (including phenoxy) is 1. The minimum atomic E-state index is 0.362. The molecule has 29 heavy (non-hydrogen) atoms. The fourth-order valence-corrected chi connectivity index (χ4v) is 3.88. The number of rotatable bonds is 5. The van der Waals surface area contributed by atoms with Crippen LogP contribution in [0.3, 0.4) is 0 Å². The molecule has 1 saturated heterocycles. The SMILES string of the molecule is COCCN1CCN(c2cnc3ccc(-c4cc(C)c(O)c(C)c4)cc3n2)CC1. The van der Waals surface area contributed by atoms with Crippen molar-refractivity contribution < 1.29 is 9.84 Å². The summed E-state index contributed by atoms with van der Waals surface area (Å²) in [5.41, 5.74) is 5.71. The van der Waals surface area contributed by atoms with Crippen molar-refractivity contribution in [1.82, 2.24) is 14.9 Å². The van der Waals surface area contributed by atoms with Crippen LogP contribution >= 0.6 is 0 Å². The van der Waals surface area contributed by atoms with Gasteiger partial charge in [-0.25, -0.2) is 4.98 Å². The number of hydrogen-bond acceptors (Lipinski definition) is 6. The van der Waals surface area contributed by atoms with Gasteiger partial charge in [0.05, 0.1) is 23.8 Å². The van der Waals surface area contributed by atoms with Crippen LogP contribution in [0, 0.1) is 13.8 Å². The molecule has 0 amide bonds. The fourth-order valence-electron chi connectivity index (χ4n) is 3.88. The van der Waals surface area contributed by atoms with Crippen LogP contribution in [0.2, 0.25) is 0 Å². The zero-order valence-electron chi connectivity index (χ0n) is 17.4. The Morgan fingerprint density at radius 2 is 1.69 bits per heavy atom. The Morgan fingerprint density at radius 3 is 2.38 bits per heavy atom. The minimum Gasteiger partial charge on any atom is -0.507 e. The highest BCUT2D eigenvalue weighted by Crippen LogP contribution is 2.30. The molecule has 6 nitrogen and oxygen atoms in total. The summed E-state index contributed by atoms with van der Waals surface area (Å²) in [6, 6.07) is 10.2. The highest BCUT2D eigenvalue weighted by molar-refractivity contribution is 5.82. The summed E-state index contributed by atoms with van der Waals surface area (Å²) in [6.07, 6.45) is 1.88. The number of aryl methyl sites for hydroxylation is 2. The summed E-state index contributed by atoms with van der Waals surface area (Å²) < 4.78 is 5.18. The maximum atomic E-state index is 10.1. The predicted molar refractivity (Wildman–Crippen MR) is 117 cm³/mol. The number of benzene rings is 2. The molecule has 6 heteroatoms. The molecule has 1 fully saturated rings. The van der Waals surface area contributed by atoms with Crippen molar-refractivity contribution in [2.75, 3.05) is 51.3 Å². The van der Waals surface area contributed by atoms with E-state index in [0.29, 0.717) is 5.75 Å². The molecule has 1 aliphatic rings. The van der Waals surface area contributed by atoms with Crippen molar-refractivity contribution in [2.24, 2.45) is 0 Å². The summed E-state index contributed by atoms with van der Waals surface area (Å²) >= 11 is 0. The van der Waals surface area contributed by atoms with E-state index in [1.165, 1.54) is 0 Å². The van der Waals surface area contributed by atoms with Crippen LogP contribution in [-0.2, 0) is 4.74 Å². The molecule has 152 valence electrons. The van der Waals surface area contributed by atoms with Crippen LogP contribution in [-0.4, -0.2) is 66.4 Å². The lowest BCUT2D eigenvalue weighted by Gasteiger charge is -2.35. The second kappa shape index (κ2) is 8.35. The fraction of sp³-hybridized carbons (Fsp3) is 0.391. The second-order valence-corrected chi connectivity index (χ2v) is 7.71. The van der Waals surface area contributed by atoms with Crippen LogP contribution in [0.5, 0.6) is 5.75 Å². The number of nitrogens with zero attached hydrogens (tertiary/aromatic N) is 4. The van der Waals surface area contributed by atoms with Crippen LogP contribution in [0.1, 0.15) is 11.1 Å². The van der Waals surface area contributed by atoms with E-state index in [1.807, 2.05) is 38.2 Å². The lowest BCUT2D eigenvalue weighted by molar-refractivity contribution is 0.144. The van der Waals surface area contributed by atoms with Crippen molar-refractivity contribution in [3.63, 3.8) is 0 Å². The Morgan fingerprint density at radius 1 is 0.966 bits per heavy atom. The van der Waals surface area contributed by atoms with Crippen molar-refractivity contribution in [1.29, 1.82) is 0 Å². The molecule has 2 heterocycles. The standard InChI is InChI=1S/C23H28N4O2/c1-16-12-19(13-17(2)23(16)28)18-4-5-20-21(14-18)25-22(15-24-20)27-8-6-26(7-9-27)10-11-29-3/h4-5,12-15,28H,6-11H2,1-3H3. The van der Waals surface area contributed by atoms with E-state index >= 15 is 0 Å². The van der Waals surface area contributed by atoms with E-state index in [0.717, 1.165) is 78.4 Å². The van der Waals surface area contributed by atoms with E-state index in [9.17, 15) is 5.11 Å². The van der Waals surface area contributed by atoms with Crippen LogP contribution in [0.15, 0.2) is 36.5 Å². The number of phenols is 1. The number of aromatic hydroxyl groups is 1. The topological polar surface area (TPSA) is 61.7 Å². The Balaban J connectivity index is 1.58. The quantitative estimate of drug-likeness (QED) is 0.718. The first-order valence-corrected chi connectivity index (χ1v) is 10.1. The van der Waals surface area contributed by atoms with Crippen molar-refractivity contribution in [3.8, 4) is 16.9 Å². The summed E-state index contributed by atoms with van der Waals surface area (Å²) in [5, 5.41) is 10.1. The molecule has 0 bridgehead atoms. The van der Waals surface area contributed by atoms with Gasteiger partial charge in [0.1, 0.15) is 11.6 Å². The Bertz CT molecular complexity index is 990. The number of hydrogen-bond donors (Lipinski definition) is 1. The molecule has 0 saturated carbocycles. The largest absolute Gasteiger partial charge is 0.507 e. The summed E-state index contributed by atoms with van der Waals surface area (Å²) in [7, 11) is 1.75. The summed E-state index contributed by atoms with van der Waals surface area (Å²) in [4.78, 5) is 14.3. The Kier molecular flexibility index (Phi) is 5.65. The zero-order chi connectivity index (χ0) is 20.4. The maximum Gasteiger partial charge on any atom is 0.147 e. The molecule has 1 aromatic heterocycles. The van der Waals surface area contributed by atoms with Gasteiger partial charge < -0.3 is 14.7 Å². The van der Waals surface area contributed by atoms with Crippen molar-refractivity contribution >= 4 is 16.9 Å². The summed E-state index contributed by atoms with van der Waals surface area (Å²) in [5.74, 6) is 1.29. The third-order valence-corrected chi connectivity index (χ3v) is 5.66. The van der Waals surface area contributed by atoms with Crippen LogP contribution < -0.4 is 4.90 Å². The highest BCUT2D eigenvalue weighted by atomic mass is 16.5. The number of fused-ring (bicyclic) bond motifs is 1. The predicted octanol–water partition coefficient (Wildman–Crippen LogP) is 3.39. The molecule has 0 spiro atoms. The minimum absolute atomic E-state index is 0.362.